The van der Waals surface area contributed by atoms with Crippen molar-refractivity contribution < 1.29 is 23.7 Å². The first kappa shape index (κ1) is 17.4. The summed E-state index contributed by atoms with van der Waals surface area (Å²) in [5.41, 5.74) is 7.04. The topological polar surface area (TPSA) is 80.0 Å². The second kappa shape index (κ2) is 7.55. The van der Waals surface area contributed by atoms with Crippen molar-refractivity contribution in [3.8, 4) is 17.2 Å². The molecule has 1 saturated carbocycles. The molecule has 1 fully saturated rings. The molecule has 6 heteroatoms. The van der Waals surface area contributed by atoms with Gasteiger partial charge in [0.1, 0.15) is 6.04 Å². The van der Waals surface area contributed by atoms with E-state index in [2.05, 4.69) is 0 Å². The van der Waals surface area contributed by atoms with Crippen molar-refractivity contribution in [3.05, 3.63) is 17.7 Å². The van der Waals surface area contributed by atoms with Crippen molar-refractivity contribution >= 4 is 5.97 Å². The van der Waals surface area contributed by atoms with Crippen LogP contribution in [0.2, 0.25) is 0 Å². The monoisotopic (exact) mass is 323 g/mol. The number of carbonyl (C=O) groups is 1. The van der Waals surface area contributed by atoms with E-state index in [9.17, 15) is 4.79 Å². The quantitative estimate of drug-likeness (QED) is 0.735. The summed E-state index contributed by atoms with van der Waals surface area (Å²) in [6.07, 6.45) is 1.74. The smallest absolute Gasteiger partial charge is 0.323 e. The highest BCUT2D eigenvalue weighted by molar-refractivity contribution is 5.76. The molecule has 0 aromatic heterocycles. The number of rotatable bonds is 8. The van der Waals surface area contributed by atoms with Crippen molar-refractivity contribution in [2.75, 3.05) is 27.9 Å². The number of hydrogen-bond acceptors (Lipinski definition) is 6. The minimum Gasteiger partial charge on any atom is -0.493 e. The molecule has 0 amide bonds. The Labute approximate surface area is 136 Å². The van der Waals surface area contributed by atoms with E-state index in [0.717, 1.165) is 18.4 Å². The lowest BCUT2D eigenvalue weighted by Crippen LogP contribution is -2.35. The van der Waals surface area contributed by atoms with Gasteiger partial charge in [-0.15, -0.1) is 0 Å². The van der Waals surface area contributed by atoms with Crippen LogP contribution in [0.5, 0.6) is 17.2 Å². The van der Waals surface area contributed by atoms with E-state index in [-0.39, 0.29) is 11.9 Å². The number of esters is 1. The summed E-state index contributed by atoms with van der Waals surface area (Å²) in [6.45, 7) is 2.14. The van der Waals surface area contributed by atoms with Gasteiger partial charge >= 0.3 is 5.97 Å². The van der Waals surface area contributed by atoms with Crippen molar-refractivity contribution in [1.82, 2.24) is 0 Å². The van der Waals surface area contributed by atoms with Crippen LogP contribution in [0.3, 0.4) is 0 Å². The first-order chi connectivity index (χ1) is 11.0. The molecule has 0 bridgehead atoms. The highest BCUT2D eigenvalue weighted by Gasteiger charge is 2.44. The molecule has 23 heavy (non-hydrogen) atoms. The summed E-state index contributed by atoms with van der Waals surface area (Å²) in [4.78, 5) is 11.7. The summed E-state index contributed by atoms with van der Waals surface area (Å²) in [6, 6.07) is 3.33. The maximum Gasteiger partial charge on any atom is 0.323 e. The lowest BCUT2D eigenvalue weighted by Gasteiger charge is -2.14. The summed E-state index contributed by atoms with van der Waals surface area (Å²) < 4.78 is 21.0. The number of methoxy groups -OCH3 is 3. The van der Waals surface area contributed by atoms with Gasteiger partial charge in [-0.25, -0.2) is 0 Å². The van der Waals surface area contributed by atoms with Gasteiger partial charge in [-0.05, 0) is 49.3 Å². The van der Waals surface area contributed by atoms with Crippen LogP contribution in [0.15, 0.2) is 12.1 Å². The van der Waals surface area contributed by atoms with E-state index in [1.54, 1.807) is 28.3 Å². The lowest BCUT2D eigenvalue weighted by molar-refractivity contribution is -0.145. The largest absolute Gasteiger partial charge is 0.493 e. The zero-order valence-electron chi connectivity index (χ0n) is 14.1. The average Bonchev–Trinajstić information content (AvgIpc) is 3.32. The number of ether oxygens (including phenoxy) is 4. The van der Waals surface area contributed by atoms with E-state index in [4.69, 9.17) is 24.7 Å². The van der Waals surface area contributed by atoms with Gasteiger partial charge in [0.05, 0.1) is 27.9 Å². The molecular weight excluding hydrogens is 298 g/mol. The summed E-state index contributed by atoms with van der Waals surface area (Å²) >= 11 is 0. The van der Waals surface area contributed by atoms with Crippen LogP contribution < -0.4 is 19.9 Å². The van der Waals surface area contributed by atoms with Crippen LogP contribution in [0.25, 0.3) is 0 Å². The fraction of sp³-hybridized carbons (Fsp3) is 0.588. The molecular formula is C17H25NO5. The molecule has 0 aliphatic heterocycles. The molecule has 2 rings (SSSR count). The molecule has 6 nitrogen and oxygen atoms in total. The van der Waals surface area contributed by atoms with E-state index >= 15 is 0 Å². The molecule has 1 aromatic rings. The molecule has 128 valence electrons. The second-order valence-corrected chi connectivity index (χ2v) is 5.68. The van der Waals surface area contributed by atoms with Gasteiger partial charge in [-0.2, -0.15) is 0 Å². The van der Waals surface area contributed by atoms with Crippen LogP contribution >= 0.6 is 0 Å². The predicted octanol–water partition coefficient (Wildman–Crippen LogP) is 1.78. The standard InChI is InChI=1S/C17H25NO5/c1-5-23-17(19)15(18)12-9-11(12)6-10-7-13(20-2)16(22-4)14(8-10)21-3/h7-8,11-12,15H,5-6,9,18H2,1-4H3. The molecule has 0 spiro atoms. The Morgan fingerprint density at radius 2 is 1.83 bits per heavy atom. The molecule has 0 heterocycles. The van der Waals surface area contributed by atoms with Crippen molar-refractivity contribution in [3.63, 3.8) is 0 Å². The van der Waals surface area contributed by atoms with E-state index < -0.39 is 6.04 Å². The van der Waals surface area contributed by atoms with Gasteiger partial charge in [0.15, 0.2) is 11.5 Å². The van der Waals surface area contributed by atoms with Gasteiger partial charge < -0.3 is 24.7 Å². The van der Waals surface area contributed by atoms with Crippen molar-refractivity contribution in [2.24, 2.45) is 17.6 Å². The van der Waals surface area contributed by atoms with Gasteiger partial charge in [0.2, 0.25) is 5.75 Å². The normalized spacial score (nSPS) is 20.6. The van der Waals surface area contributed by atoms with Crippen molar-refractivity contribution in [2.45, 2.75) is 25.8 Å². The van der Waals surface area contributed by atoms with Crippen LogP contribution in [-0.2, 0) is 16.0 Å². The Bertz CT molecular complexity index is 535. The van der Waals surface area contributed by atoms with Crippen LogP contribution in [-0.4, -0.2) is 39.9 Å². The van der Waals surface area contributed by atoms with Gasteiger partial charge in [0, 0.05) is 0 Å². The summed E-state index contributed by atoms with van der Waals surface area (Å²) in [5.74, 6) is 2.08. The predicted molar refractivity (Wildman–Crippen MR) is 86.0 cm³/mol. The van der Waals surface area contributed by atoms with Gasteiger partial charge in [-0.3, -0.25) is 4.79 Å². The van der Waals surface area contributed by atoms with Crippen LogP contribution in [0.1, 0.15) is 18.9 Å². The Kier molecular flexibility index (Phi) is 5.71. The fourth-order valence-corrected chi connectivity index (χ4v) is 2.91. The second-order valence-electron chi connectivity index (χ2n) is 5.68. The molecule has 0 saturated heterocycles. The molecule has 3 atom stereocenters. The zero-order chi connectivity index (χ0) is 17.0. The summed E-state index contributed by atoms with van der Waals surface area (Å²) in [7, 11) is 4.77. The molecule has 1 aliphatic rings. The third-order valence-corrected chi connectivity index (χ3v) is 4.22. The SMILES string of the molecule is CCOC(=O)C(N)C1CC1Cc1cc(OC)c(OC)c(OC)c1. The van der Waals surface area contributed by atoms with E-state index in [1.165, 1.54) is 0 Å². The first-order valence-electron chi connectivity index (χ1n) is 7.76. The highest BCUT2D eigenvalue weighted by atomic mass is 16.5. The minimum atomic E-state index is -0.540. The first-order valence-corrected chi connectivity index (χ1v) is 7.76. The molecule has 1 aromatic carbocycles. The van der Waals surface area contributed by atoms with Crippen LogP contribution in [0, 0.1) is 11.8 Å². The maximum absolute atomic E-state index is 11.7. The molecule has 0 radical (unpaired) electrons. The number of carbonyl (C=O) groups excluding carboxylic acids is 1. The molecule has 3 unspecified atom stereocenters. The van der Waals surface area contributed by atoms with E-state index in [1.807, 2.05) is 12.1 Å². The molecule has 1 aliphatic carbocycles. The maximum atomic E-state index is 11.7. The fourth-order valence-electron chi connectivity index (χ4n) is 2.91. The Hall–Kier alpha value is -1.95. The number of nitrogens with two attached hydrogens (primary N) is 1. The minimum absolute atomic E-state index is 0.174. The van der Waals surface area contributed by atoms with Crippen molar-refractivity contribution in [1.29, 1.82) is 0 Å². The third-order valence-electron chi connectivity index (χ3n) is 4.22. The molecule has 2 N–H and O–H groups in total. The zero-order valence-corrected chi connectivity index (χ0v) is 14.1. The van der Waals surface area contributed by atoms with Crippen LogP contribution in [0.4, 0.5) is 0 Å². The average molecular weight is 323 g/mol. The highest BCUT2D eigenvalue weighted by Crippen LogP contribution is 2.45. The number of benzene rings is 1. The Morgan fingerprint density at radius 3 is 2.30 bits per heavy atom. The summed E-state index contributed by atoms with van der Waals surface area (Å²) in [5, 5.41) is 0. The third kappa shape index (κ3) is 3.88. The number of hydrogen-bond donors (Lipinski definition) is 1. The van der Waals surface area contributed by atoms with E-state index in [0.29, 0.717) is 29.8 Å². The van der Waals surface area contributed by atoms with Gasteiger partial charge in [0.25, 0.3) is 0 Å². The lowest BCUT2D eigenvalue weighted by atomic mass is 10.0. The van der Waals surface area contributed by atoms with Gasteiger partial charge in [-0.1, -0.05) is 0 Å². The Morgan fingerprint density at radius 1 is 1.22 bits per heavy atom. The Balaban J connectivity index is 2.06.